The zero-order valence-corrected chi connectivity index (χ0v) is 23.9. The topological polar surface area (TPSA) is 98.2 Å². The van der Waals surface area contributed by atoms with Crippen molar-refractivity contribution in [1.29, 1.82) is 0 Å². The van der Waals surface area contributed by atoms with Gasteiger partial charge in [-0.1, -0.05) is 61.9 Å². The third kappa shape index (κ3) is 9.76. The van der Waals surface area contributed by atoms with Gasteiger partial charge in [0.15, 0.2) is 18.1 Å². The summed E-state index contributed by atoms with van der Waals surface area (Å²) < 4.78 is 17.4. The first-order chi connectivity index (χ1) is 19.2. The predicted octanol–water partition coefficient (Wildman–Crippen LogP) is 5.34. The average molecular weight is 546 g/mol. The van der Waals surface area contributed by atoms with E-state index < -0.39 is 11.9 Å². The van der Waals surface area contributed by atoms with Crippen molar-refractivity contribution in [2.24, 2.45) is 11.0 Å². The molecule has 0 unspecified atom stereocenters. The normalized spacial score (nSPS) is 11.8. The van der Waals surface area contributed by atoms with Crippen LogP contribution in [0.3, 0.4) is 0 Å². The van der Waals surface area contributed by atoms with Gasteiger partial charge in [0.05, 0.1) is 12.8 Å². The number of carbonyl (C=O) groups is 2. The van der Waals surface area contributed by atoms with Gasteiger partial charge in [-0.3, -0.25) is 9.59 Å². The molecule has 2 N–H and O–H groups in total. The van der Waals surface area contributed by atoms with Gasteiger partial charge in [-0.15, -0.1) is 0 Å². The molecule has 40 heavy (non-hydrogen) atoms. The minimum atomic E-state index is -0.748. The molecule has 0 bridgehead atoms. The number of hydrogen-bond acceptors (Lipinski definition) is 6. The van der Waals surface area contributed by atoms with Crippen LogP contribution in [0.15, 0.2) is 71.8 Å². The van der Waals surface area contributed by atoms with Crippen LogP contribution in [0, 0.1) is 19.8 Å². The molecule has 3 aromatic rings. The second kappa shape index (κ2) is 15.3. The van der Waals surface area contributed by atoms with Gasteiger partial charge in [-0.2, -0.15) is 5.10 Å². The van der Waals surface area contributed by atoms with Crippen molar-refractivity contribution in [3.8, 4) is 17.2 Å². The average Bonchev–Trinajstić information content (AvgIpc) is 2.92. The molecule has 3 rings (SSSR count). The number of ether oxygens (including phenoxy) is 3. The number of aryl methyl sites for hydroxylation is 2. The van der Waals surface area contributed by atoms with Gasteiger partial charge in [-0.05, 0) is 74.1 Å². The van der Waals surface area contributed by atoms with E-state index in [-0.39, 0.29) is 18.4 Å². The summed E-state index contributed by atoms with van der Waals surface area (Å²) in [5, 5.41) is 6.88. The van der Waals surface area contributed by atoms with Crippen molar-refractivity contribution in [1.82, 2.24) is 10.7 Å². The fourth-order valence-electron chi connectivity index (χ4n) is 3.89. The maximum atomic E-state index is 12.9. The summed E-state index contributed by atoms with van der Waals surface area (Å²) in [6.45, 7) is 10.5. The molecule has 0 heterocycles. The first-order valence-corrected chi connectivity index (χ1v) is 13.5. The summed E-state index contributed by atoms with van der Waals surface area (Å²) >= 11 is 0. The highest BCUT2D eigenvalue weighted by atomic mass is 16.5. The minimum absolute atomic E-state index is 0.179. The molecule has 0 spiro atoms. The zero-order valence-electron chi connectivity index (χ0n) is 23.9. The van der Waals surface area contributed by atoms with Crippen LogP contribution >= 0.6 is 0 Å². The second-order valence-electron chi connectivity index (χ2n) is 9.95. The number of carbonyl (C=O) groups excluding carboxylic acids is 2. The lowest BCUT2D eigenvalue weighted by Crippen LogP contribution is -2.47. The van der Waals surface area contributed by atoms with Crippen LogP contribution in [0.25, 0.3) is 0 Å². The van der Waals surface area contributed by atoms with Crippen LogP contribution in [-0.2, 0) is 16.2 Å². The maximum Gasteiger partial charge on any atom is 0.262 e. The Morgan fingerprint density at radius 3 is 2.35 bits per heavy atom. The summed E-state index contributed by atoms with van der Waals surface area (Å²) in [5.41, 5.74) is 6.45. The van der Waals surface area contributed by atoms with E-state index in [0.717, 1.165) is 16.7 Å². The van der Waals surface area contributed by atoms with E-state index in [1.165, 1.54) is 11.8 Å². The highest BCUT2D eigenvalue weighted by molar-refractivity contribution is 5.89. The summed E-state index contributed by atoms with van der Waals surface area (Å²) in [6, 6.07) is 20.3. The molecule has 2 amide bonds. The molecule has 0 saturated carbocycles. The zero-order chi connectivity index (χ0) is 28.9. The molecule has 212 valence electrons. The molecule has 8 nitrogen and oxygen atoms in total. The van der Waals surface area contributed by atoms with Crippen molar-refractivity contribution >= 4 is 18.0 Å². The quantitative estimate of drug-likeness (QED) is 0.210. The van der Waals surface area contributed by atoms with Crippen LogP contribution in [0.2, 0.25) is 0 Å². The van der Waals surface area contributed by atoms with Crippen molar-refractivity contribution in [3.63, 3.8) is 0 Å². The first kappa shape index (κ1) is 30.2. The Hall–Kier alpha value is -4.33. The summed E-state index contributed by atoms with van der Waals surface area (Å²) in [6.07, 6.45) is 1.98. The Labute approximate surface area is 236 Å². The van der Waals surface area contributed by atoms with Gasteiger partial charge in [0.25, 0.3) is 11.8 Å². The van der Waals surface area contributed by atoms with E-state index in [9.17, 15) is 9.59 Å². The number of nitrogens with one attached hydrogen (secondary N) is 2. The number of amides is 2. The highest BCUT2D eigenvalue weighted by Gasteiger charge is 2.22. The lowest BCUT2D eigenvalue weighted by molar-refractivity contribution is -0.130. The molecule has 0 aliphatic carbocycles. The van der Waals surface area contributed by atoms with Gasteiger partial charge >= 0.3 is 0 Å². The van der Waals surface area contributed by atoms with Gasteiger partial charge in [0.1, 0.15) is 18.4 Å². The molecular formula is C32H39N3O5. The van der Waals surface area contributed by atoms with E-state index in [2.05, 4.69) is 15.8 Å². The van der Waals surface area contributed by atoms with Gasteiger partial charge in [0, 0.05) is 0 Å². The lowest BCUT2D eigenvalue weighted by atomic mass is 10.0. The second-order valence-corrected chi connectivity index (χ2v) is 9.95. The van der Waals surface area contributed by atoms with E-state index in [1.54, 1.807) is 12.1 Å². The smallest absolute Gasteiger partial charge is 0.262 e. The summed E-state index contributed by atoms with van der Waals surface area (Å²) in [5.74, 6) is 1.23. The summed E-state index contributed by atoms with van der Waals surface area (Å²) in [7, 11) is 0. The molecule has 0 aromatic heterocycles. The molecule has 8 heteroatoms. The number of hydrazone groups is 1. The highest BCUT2D eigenvalue weighted by Crippen LogP contribution is 2.29. The van der Waals surface area contributed by atoms with Crippen LogP contribution in [0.4, 0.5) is 0 Å². The number of hydrogen-bond donors (Lipinski definition) is 2. The number of para-hydroxylation sites is 1. The Bertz CT molecular complexity index is 1290. The fraction of sp³-hybridized carbons (Fsp3) is 0.344. The molecule has 0 aliphatic rings. The van der Waals surface area contributed by atoms with Crippen molar-refractivity contribution in [2.75, 3.05) is 13.2 Å². The Morgan fingerprint density at radius 1 is 0.900 bits per heavy atom. The van der Waals surface area contributed by atoms with Crippen LogP contribution in [0.5, 0.6) is 17.2 Å². The predicted molar refractivity (Wildman–Crippen MR) is 157 cm³/mol. The molecule has 0 saturated heterocycles. The summed E-state index contributed by atoms with van der Waals surface area (Å²) in [4.78, 5) is 25.4. The van der Waals surface area contributed by atoms with E-state index in [0.29, 0.717) is 36.9 Å². The van der Waals surface area contributed by atoms with Gasteiger partial charge < -0.3 is 19.5 Å². The fourth-order valence-corrected chi connectivity index (χ4v) is 3.89. The van der Waals surface area contributed by atoms with Gasteiger partial charge in [0.2, 0.25) is 0 Å². The molecule has 0 fully saturated rings. The largest absolute Gasteiger partial charge is 0.490 e. The molecule has 3 aromatic carbocycles. The molecule has 0 aliphatic heterocycles. The van der Waals surface area contributed by atoms with Crippen molar-refractivity contribution < 1.29 is 23.8 Å². The number of nitrogens with zero attached hydrogens (tertiary/aromatic N) is 1. The van der Waals surface area contributed by atoms with Gasteiger partial charge in [-0.25, -0.2) is 5.43 Å². The Kier molecular flexibility index (Phi) is 11.6. The molecule has 0 radical (unpaired) electrons. The third-order valence-electron chi connectivity index (χ3n) is 5.98. The van der Waals surface area contributed by atoms with Crippen molar-refractivity contribution in [3.05, 3.63) is 89.0 Å². The number of benzene rings is 3. The van der Waals surface area contributed by atoms with Crippen molar-refractivity contribution in [2.45, 2.75) is 53.7 Å². The van der Waals surface area contributed by atoms with Crippen LogP contribution in [0.1, 0.15) is 49.4 Å². The van der Waals surface area contributed by atoms with E-state index >= 15 is 0 Å². The third-order valence-corrected chi connectivity index (χ3v) is 5.98. The molecular weight excluding hydrogens is 506 g/mol. The standard InChI is InChI=1S/C32H39N3O5/c1-6-38-30-18-26(15-16-29(30)39-20-25-13-11-23(4)12-14-25)19-33-35-32(37)27(17-22(2)3)34-31(36)21-40-28-10-8-7-9-24(28)5/h7-16,18-19,22,27H,6,17,20-21H2,1-5H3,(H,34,36)(H,35,37)/b33-19-/t27-/m1/s1. The Morgan fingerprint density at radius 2 is 1.65 bits per heavy atom. The van der Waals surface area contributed by atoms with Crippen LogP contribution < -0.4 is 25.0 Å². The molecule has 1 atom stereocenters. The van der Waals surface area contributed by atoms with E-state index in [4.69, 9.17) is 14.2 Å². The minimum Gasteiger partial charge on any atom is -0.490 e. The monoisotopic (exact) mass is 545 g/mol. The maximum absolute atomic E-state index is 12.9. The SMILES string of the molecule is CCOc1cc(/C=N\NC(=O)[C@@H](CC(C)C)NC(=O)COc2ccccc2C)ccc1OCc1ccc(C)cc1. The number of rotatable bonds is 14. The van der Waals surface area contributed by atoms with Crippen LogP contribution in [-0.4, -0.2) is 37.3 Å². The first-order valence-electron chi connectivity index (χ1n) is 13.5. The van der Waals surface area contributed by atoms with E-state index in [1.807, 2.05) is 89.2 Å². The lowest BCUT2D eigenvalue weighted by Gasteiger charge is -2.19. The Balaban J connectivity index is 1.58.